The molecule has 0 fully saturated rings. The minimum Gasteiger partial charge on any atom is -0.493 e. The van der Waals surface area contributed by atoms with Gasteiger partial charge in [-0.15, -0.1) is 0 Å². The number of ether oxygens (including phenoxy) is 2. The molecular weight excluding hydrogens is 358 g/mol. The first kappa shape index (κ1) is 19.4. The third kappa shape index (κ3) is 4.14. The van der Waals surface area contributed by atoms with Gasteiger partial charge >= 0.3 is 0 Å². The number of fused-ring (bicyclic) bond motifs is 1. The van der Waals surface area contributed by atoms with Crippen molar-refractivity contribution in [3.05, 3.63) is 64.2 Å². The van der Waals surface area contributed by atoms with Gasteiger partial charge in [-0.2, -0.15) is 0 Å². The summed E-state index contributed by atoms with van der Waals surface area (Å²) in [5, 5.41) is 3.33. The predicted molar refractivity (Wildman–Crippen MR) is 107 cm³/mol. The van der Waals surface area contributed by atoms with Crippen molar-refractivity contribution in [1.29, 1.82) is 0 Å². The quantitative estimate of drug-likeness (QED) is 0.680. The summed E-state index contributed by atoms with van der Waals surface area (Å²) in [6.07, 6.45) is 0. The molecule has 1 aromatic heterocycles. The number of benzene rings is 2. The van der Waals surface area contributed by atoms with Crippen LogP contribution in [0.4, 0.5) is 0 Å². The Bertz CT molecular complexity index is 1060. The van der Waals surface area contributed by atoms with Crippen LogP contribution >= 0.6 is 0 Å². The maximum atomic E-state index is 12.7. The molecule has 0 aliphatic rings. The number of nitrogens with zero attached hydrogens (tertiary/aromatic N) is 2. The third-order valence-corrected chi connectivity index (χ3v) is 4.37. The summed E-state index contributed by atoms with van der Waals surface area (Å²) in [6, 6.07) is 12.6. The molecule has 3 aromatic rings. The van der Waals surface area contributed by atoms with Crippen LogP contribution in [0.3, 0.4) is 0 Å². The molecule has 0 bridgehead atoms. The number of aromatic nitrogens is 2. The Morgan fingerprint density at radius 3 is 2.71 bits per heavy atom. The number of amides is 1. The van der Waals surface area contributed by atoms with Crippen LogP contribution in [0, 0.1) is 6.92 Å². The molecule has 1 amide bonds. The average molecular weight is 381 g/mol. The molecule has 2 aromatic carbocycles. The van der Waals surface area contributed by atoms with Gasteiger partial charge in [0.05, 0.1) is 24.6 Å². The van der Waals surface area contributed by atoms with Crippen molar-refractivity contribution in [2.75, 3.05) is 13.7 Å². The molecule has 0 spiro atoms. The van der Waals surface area contributed by atoms with E-state index in [4.69, 9.17) is 9.47 Å². The highest BCUT2D eigenvalue weighted by molar-refractivity contribution is 5.79. The number of hydrogen-bond donors (Lipinski definition) is 1. The van der Waals surface area contributed by atoms with E-state index in [0.29, 0.717) is 41.4 Å². The number of nitrogens with one attached hydrogen (secondary N) is 1. The second-order valence-corrected chi connectivity index (χ2v) is 6.26. The first-order valence-electron chi connectivity index (χ1n) is 9.06. The molecule has 0 aliphatic carbocycles. The van der Waals surface area contributed by atoms with E-state index in [0.717, 1.165) is 5.56 Å². The molecule has 0 radical (unpaired) electrons. The molecule has 1 heterocycles. The summed E-state index contributed by atoms with van der Waals surface area (Å²) in [5.74, 6) is 1.50. The van der Waals surface area contributed by atoms with Crippen LogP contribution in [0.15, 0.2) is 47.3 Å². The normalized spacial score (nSPS) is 10.7. The molecule has 0 atom stereocenters. The maximum absolute atomic E-state index is 12.7. The molecule has 146 valence electrons. The van der Waals surface area contributed by atoms with Gasteiger partial charge in [-0.1, -0.05) is 18.2 Å². The topological polar surface area (TPSA) is 82.5 Å². The Kier molecular flexibility index (Phi) is 5.93. The van der Waals surface area contributed by atoms with Gasteiger partial charge < -0.3 is 14.8 Å². The lowest BCUT2D eigenvalue weighted by atomic mass is 10.2. The van der Waals surface area contributed by atoms with Crippen LogP contribution in [0.2, 0.25) is 0 Å². The van der Waals surface area contributed by atoms with Gasteiger partial charge in [0.2, 0.25) is 5.91 Å². The SMILES string of the molecule is CCOc1ccc(CNC(=O)Cn2c(C)nc3ccccc3c2=O)cc1OC. The zero-order chi connectivity index (χ0) is 20.1. The van der Waals surface area contributed by atoms with Crippen LogP contribution in [-0.2, 0) is 17.9 Å². The molecule has 0 aliphatic heterocycles. The van der Waals surface area contributed by atoms with Crippen LogP contribution < -0.4 is 20.3 Å². The van der Waals surface area contributed by atoms with E-state index in [-0.39, 0.29) is 18.0 Å². The van der Waals surface area contributed by atoms with Gasteiger partial charge in [-0.25, -0.2) is 4.98 Å². The van der Waals surface area contributed by atoms with E-state index in [1.807, 2.05) is 31.2 Å². The molecule has 28 heavy (non-hydrogen) atoms. The number of hydrogen-bond acceptors (Lipinski definition) is 5. The van der Waals surface area contributed by atoms with Gasteiger partial charge in [-0.05, 0) is 43.7 Å². The van der Waals surface area contributed by atoms with Crippen LogP contribution in [0.25, 0.3) is 10.9 Å². The van der Waals surface area contributed by atoms with Crippen LogP contribution in [-0.4, -0.2) is 29.2 Å². The van der Waals surface area contributed by atoms with Gasteiger partial charge in [0.25, 0.3) is 5.56 Å². The highest BCUT2D eigenvalue weighted by Gasteiger charge is 2.12. The first-order chi connectivity index (χ1) is 13.5. The monoisotopic (exact) mass is 381 g/mol. The van der Waals surface area contributed by atoms with Crippen molar-refractivity contribution in [3.63, 3.8) is 0 Å². The fourth-order valence-corrected chi connectivity index (χ4v) is 2.96. The van der Waals surface area contributed by atoms with Gasteiger partial charge in [-0.3, -0.25) is 14.2 Å². The molecule has 1 N–H and O–H groups in total. The summed E-state index contributed by atoms with van der Waals surface area (Å²) >= 11 is 0. The second kappa shape index (κ2) is 8.56. The number of carbonyl (C=O) groups excluding carboxylic acids is 1. The number of rotatable bonds is 7. The highest BCUT2D eigenvalue weighted by Crippen LogP contribution is 2.27. The van der Waals surface area contributed by atoms with Crippen LogP contribution in [0.5, 0.6) is 11.5 Å². The fraction of sp³-hybridized carbons (Fsp3) is 0.286. The second-order valence-electron chi connectivity index (χ2n) is 6.26. The summed E-state index contributed by atoms with van der Waals surface area (Å²) in [5.41, 5.74) is 1.28. The Morgan fingerprint density at radius 1 is 1.18 bits per heavy atom. The van der Waals surface area contributed by atoms with Crippen LogP contribution in [0.1, 0.15) is 18.3 Å². The number of aryl methyl sites for hydroxylation is 1. The molecule has 7 nitrogen and oxygen atoms in total. The smallest absolute Gasteiger partial charge is 0.261 e. The summed E-state index contributed by atoms with van der Waals surface area (Å²) < 4.78 is 12.2. The Balaban J connectivity index is 1.71. The third-order valence-electron chi connectivity index (χ3n) is 4.37. The van der Waals surface area contributed by atoms with Crippen molar-refractivity contribution in [2.45, 2.75) is 26.9 Å². The van der Waals surface area contributed by atoms with E-state index in [1.54, 1.807) is 32.2 Å². The molecule has 7 heteroatoms. The lowest BCUT2D eigenvalue weighted by Crippen LogP contribution is -2.33. The van der Waals surface area contributed by atoms with E-state index in [2.05, 4.69) is 10.3 Å². The average Bonchev–Trinajstić information content (AvgIpc) is 2.70. The summed E-state index contributed by atoms with van der Waals surface area (Å²) in [4.78, 5) is 29.5. The maximum Gasteiger partial charge on any atom is 0.261 e. The lowest BCUT2D eigenvalue weighted by molar-refractivity contribution is -0.121. The van der Waals surface area contributed by atoms with Crippen molar-refractivity contribution in [2.24, 2.45) is 0 Å². The van der Waals surface area contributed by atoms with Crippen molar-refractivity contribution >= 4 is 16.8 Å². The Hall–Kier alpha value is -3.35. The van der Waals surface area contributed by atoms with Gasteiger partial charge in [0, 0.05) is 6.54 Å². The van der Waals surface area contributed by atoms with Crippen molar-refractivity contribution < 1.29 is 14.3 Å². The molecule has 0 unspecified atom stereocenters. The standard InChI is InChI=1S/C21H23N3O4/c1-4-28-18-10-9-15(11-19(18)27-3)12-22-20(25)13-24-14(2)23-17-8-6-5-7-16(17)21(24)26/h5-11H,4,12-13H2,1-3H3,(H,22,25). The van der Waals surface area contributed by atoms with E-state index >= 15 is 0 Å². The fourth-order valence-electron chi connectivity index (χ4n) is 2.96. The minimum absolute atomic E-state index is 0.0866. The number of carbonyl (C=O) groups is 1. The van der Waals surface area contributed by atoms with Crippen molar-refractivity contribution in [3.8, 4) is 11.5 Å². The van der Waals surface area contributed by atoms with E-state index in [1.165, 1.54) is 4.57 Å². The minimum atomic E-state index is -0.268. The Labute approximate surface area is 162 Å². The predicted octanol–water partition coefficient (Wildman–Crippen LogP) is 2.43. The van der Waals surface area contributed by atoms with E-state index in [9.17, 15) is 9.59 Å². The van der Waals surface area contributed by atoms with Crippen molar-refractivity contribution in [1.82, 2.24) is 14.9 Å². The highest BCUT2D eigenvalue weighted by atomic mass is 16.5. The summed E-state index contributed by atoms with van der Waals surface area (Å²) in [6.45, 7) is 4.39. The zero-order valence-corrected chi connectivity index (χ0v) is 16.2. The van der Waals surface area contributed by atoms with Gasteiger partial charge in [0.15, 0.2) is 11.5 Å². The van der Waals surface area contributed by atoms with Gasteiger partial charge in [0.1, 0.15) is 12.4 Å². The molecule has 3 rings (SSSR count). The molecule has 0 saturated carbocycles. The number of para-hydroxylation sites is 1. The zero-order valence-electron chi connectivity index (χ0n) is 16.2. The molecular formula is C21H23N3O4. The number of methoxy groups -OCH3 is 1. The first-order valence-corrected chi connectivity index (χ1v) is 9.06. The Morgan fingerprint density at radius 2 is 1.96 bits per heavy atom. The summed E-state index contributed by atoms with van der Waals surface area (Å²) in [7, 11) is 1.57. The lowest BCUT2D eigenvalue weighted by Gasteiger charge is -2.13. The van der Waals surface area contributed by atoms with E-state index < -0.39 is 0 Å². The largest absolute Gasteiger partial charge is 0.493 e. The molecule has 0 saturated heterocycles.